The van der Waals surface area contributed by atoms with Gasteiger partial charge in [0.2, 0.25) is 5.91 Å². The second kappa shape index (κ2) is 5.33. The van der Waals surface area contributed by atoms with Crippen molar-refractivity contribution in [1.29, 1.82) is 0 Å². The van der Waals surface area contributed by atoms with Gasteiger partial charge in [0.05, 0.1) is 18.8 Å². The Labute approximate surface area is 101 Å². The first-order valence-electron chi connectivity index (χ1n) is 5.94. The summed E-state index contributed by atoms with van der Waals surface area (Å²) in [7, 11) is 1.84. The zero-order valence-electron chi connectivity index (χ0n) is 10.1. The molecule has 2 rings (SSSR count). The highest BCUT2D eigenvalue weighted by molar-refractivity contribution is 5.78. The molecule has 94 valence electrons. The number of rotatable bonds is 3. The molecule has 2 N–H and O–H groups in total. The van der Waals surface area contributed by atoms with E-state index in [0.29, 0.717) is 13.1 Å². The zero-order valence-corrected chi connectivity index (χ0v) is 10.1. The van der Waals surface area contributed by atoms with Crippen LogP contribution in [0.15, 0.2) is 22.8 Å². The minimum absolute atomic E-state index is 0.000417. The Bertz CT molecular complexity index is 364. The summed E-state index contributed by atoms with van der Waals surface area (Å²) in [6.45, 7) is 2.56. The van der Waals surface area contributed by atoms with Crippen LogP contribution in [0.25, 0.3) is 0 Å². The van der Waals surface area contributed by atoms with Gasteiger partial charge in [0.1, 0.15) is 5.76 Å². The van der Waals surface area contributed by atoms with Gasteiger partial charge >= 0.3 is 0 Å². The van der Waals surface area contributed by atoms with Crippen LogP contribution in [-0.2, 0) is 4.79 Å². The van der Waals surface area contributed by atoms with Crippen LogP contribution in [0.1, 0.15) is 18.2 Å². The number of nitrogens with two attached hydrogens (primary N) is 1. The van der Waals surface area contributed by atoms with Crippen molar-refractivity contribution in [2.75, 3.05) is 33.2 Å². The molecule has 1 aliphatic rings. The molecule has 5 heteroatoms. The fraction of sp³-hybridized carbons (Fsp3) is 0.583. The summed E-state index contributed by atoms with van der Waals surface area (Å²) < 4.78 is 5.40. The summed E-state index contributed by atoms with van der Waals surface area (Å²) in [5, 5.41) is 0. The molecule has 1 aromatic rings. The lowest BCUT2D eigenvalue weighted by Crippen LogP contribution is -2.39. The number of carbonyl (C=O) groups is 1. The van der Waals surface area contributed by atoms with Crippen LogP contribution in [0.4, 0.5) is 0 Å². The maximum absolute atomic E-state index is 11.8. The fourth-order valence-corrected chi connectivity index (χ4v) is 2.20. The second-order valence-electron chi connectivity index (χ2n) is 4.41. The van der Waals surface area contributed by atoms with Crippen molar-refractivity contribution in [3.05, 3.63) is 24.2 Å². The summed E-state index contributed by atoms with van der Waals surface area (Å²) in [4.78, 5) is 15.7. The van der Waals surface area contributed by atoms with E-state index in [1.165, 1.54) is 0 Å². The Balaban J connectivity index is 2.11. The third-order valence-corrected chi connectivity index (χ3v) is 3.24. The van der Waals surface area contributed by atoms with Gasteiger partial charge in [-0.2, -0.15) is 0 Å². The SMILES string of the molecule is CN1CCCN(C(CN)c2ccco2)CC1=O. The Morgan fingerprint density at radius 1 is 1.53 bits per heavy atom. The lowest BCUT2D eigenvalue weighted by Gasteiger charge is -2.27. The standard InChI is InChI=1S/C12H19N3O2/c1-14-5-3-6-15(9-12(14)16)10(8-13)11-4-2-7-17-11/h2,4,7,10H,3,5-6,8-9,13H2,1H3. The smallest absolute Gasteiger partial charge is 0.236 e. The summed E-state index contributed by atoms with van der Waals surface area (Å²) in [5.41, 5.74) is 5.80. The van der Waals surface area contributed by atoms with E-state index in [1.807, 2.05) is 19.2 Å². The maximum Gasteiger partial charge on any atom is 0.236 e. The Hall–Kier alpha value is -1.33. The monoisotopic (exact) mass is 237 g/mol. The first-order valence-corrected chi connectivity index (χ1v) is 5.94. The number of likely N-dealkylation sites (N-methyl/N-ethyl adjacent to an activating group) is 1. The topological polar surface area (TPSA) is 62.7 Å². The Kier molecular flexibility index (Phi) is 3.81. The van der Waals surface area contributed by atoms with E-state index < -0.39 is 0 Å². The lowest BCUT2D eigenvalue weighted by atomic mass is 10.2. The molecule has 1 aromatic heterocycles. The van der Waals surface area contributed by atoms with Crippen molar-refractivity contribution in [2.45, 2.75) is 12.5 Å². The molecule has 1 amide bonds. The van der Waals surface area contributed by atoms with Gasteiger partial charge in [-0.05, 0) is 18.6 Å². The maximum atomic E-state index is 11.8. The van der Waals surface area contributed by atoms with E-state index in [4.69, 9.17) is 10.2 Å². The summed E-state index contributed by atoms with van der Waals surface area (Å²) in [5.74, 6) is 0.984. The van der Waals surface area contributed by atoms with Crippen LogP contribution in [0.2, 0.25) is 0 Å². The quantitative estimate of drug-likeness (QED) is 0.828. The molecule has 1 aliphatic heterocycles. The van der Waals surface area contributed by atoms with E-state index in [1.54, 1.807) is 11.2 Å². The molecule has 5 nitrogen and oxygen atoms in total. The minimum atomic E-state index is 0.000417. The van der Waals surface area contributed by atoms with Crippen molar-refractivity contribution >= 4 is 5.91 Å². The van der Waals surface area contributed by atoms with Crippen molar-refractivity contribution in [3.63, 3.8) is 0 Å². The second-order valence-corrected chi connectivity index (χ2v) is 4.41. The first kappa shape index (κ1) is 12.1. The van der Waals surface area contributed by atoms with Crippen molar-refractivity contribution in [2.24, 2.45) is 5.73 Å². The van der Waals surface area contributed by atoms with Crippen molar-refractivity contribution in [1.82, 2.24) is 9.80 Å². The molecule has 1 fully saturated rings. The number of amides is 1. The van der Waals surface area contributed by atoms with Crippen LogP contribution in [0.5, 0.6) is 0 Å². The number of furan rings is 1. The molecule has 17 heavy (non-hydrogen) atoms. The number of carbonyl (C=O) groups excluding carboxylic acids is 1. The molecule has 0 saturated carbocycles. The predicted molar refractivity (Wildman–Crippen MR) is 64.3 cm³/mol. The summed E-state index contributed by atoms with van der Waals surface area (Å²) in [6, 6.07) is 3.76. The third kappa shape index (κ3) is 2.68. The Morgan fingerprint density at radius 3 is 3.00 bits per heavy atom. The average molecular weight is 237 g/mol. The van der Waals surface area contributed by atoms with Crippen LogP contribution < -0.4 is 5.73 Å². The van der Waals surface area contributed by atoms with Crippen molar-refractivity contribution < 1.29 is 9.21 Å². The minimum Gasteiger partial charge on any atom is -0.468 e. The molecule has 0 radical (unpaired) electrons. The lowest BCUT2D eigenvalue weighted by molar-refractivity contribution is -0.130. The average Bonchev–Trinajstić information content (AvgIpc) is 2.77. The van der Waals surface area contributed by atoms with Gasteiger partial charge in [0.15, 0.2) is 0 Å². The van der Waals surface area contributed by atoms with Crippen LogP contribution >= 0.6 is 0 Å². The third-order valence-electron chi connectivity index (χ3n) is 3.24. The fourth-order valence-electron chi connectivity index (χ4n) is 2.20. The van der Waals surface area contributed by atoms with E-state index in [-0.39, 0.29) is 11.9 Å². The van der Waals surface area contributed by atoms with E-state index in [9.17, 15) is 4.79 Å². The van der Waals surface area contributed by atoms with Crippen LogP contribution in [-0.4, -0.2) is 48.9 Å². The molecule has 0 spiro atoms. The number of hydrogen-bond donors (Lipinski definition) is 1. The molecular weight excluding hydrogens is 218 g/mol. The van der Waals surface area contributed by atoms with Gasteiger partial charge in [-0.15, -0.1) is 0 Å². The highest BCUT2D eigenvalue weighted by Gasteiger charge is 2.26. The predicted octanol–water partition coefficient (Wildman–Crippen LogP) is 0.444. The Morgan fingerprint density at radius 2 is 2.35 bits per heavy atom. The zero-order chi connectivity index (χ0) is 12.3. The molecule has 1 atom stereocenters. The van der Waals surface area contributed by atoms with Gasteiger partial charge < -0.3 is 15.1 Å². The molecule has 1 saturated heterocycles. The van der Waals surface area contributed by atoms with Crippen LogP contribution in [0, 0.1) is 0 Å². The molecule has 2 heterocycles. The summed E-state index contributed by atoms with van der Waals surface area (Å²) in [6.07, 6.45) is 2.61. The summed E-state index contributed by atoms with van der Waals surface area (Å²) >= 11 is 0. The van der Waals surface area contributed by atoms with Gasteiger partial charge in [-0.25, -0.2) is 0 Å². The molecule has 0 aliphatic carbocycles. The first-order chi connectivity index (χ1) is 8.22. The molecular formula is C12H19N3O2. The van der Waals surface area contributed by atoms with Crippen LogP contribution in [0.3, 0.4) is 0 Å². The van der Waals surface area contributed by atoms with E-state index >= 15 is 0 Å². The molecule has 0 aromatic carbocycles. The number of hydrogen-bond acceptors (Lipinski definition) is 4. The largest absolute Gasteiger partial charge is 0.468 e. The van der Waals surface area contributed by atoms with Crippen molar-refractivity contribution in [3.8, 4) is 0 Å². The van der Waals surface area contributed by atoms with Gasteiger partial charge in [0.25, 0.3) is 0 Å². The molecule has 0 bridgehead atoms. The molecule has 1 unspecified atom stereocenters. The number of nitrogens with zero attached hydrogens (tertiary/aromatic N) is 2. The van der Waals surface area contributed by atoms with E-state index in [0.717, 1.165) is 25.3 Å². The van der Waals surface area contributed by atoms with Gasteiger partial charge in [0, 0.05) is 26.7 Å². The highest BCUT2D eigenvalue weighted by Crippen LogP contribution is 2.21. The van der Waals surface area contributed by atoms with Gasteiger partial charge in [-0.3, -0.25) is 9.69 Å². The van der Waals surface area contributed by atoms with E-state index in [2.05, 4.69) is 4.90 Å². The highest BCUT2D eigenvalue weighted by atomic mass is 16.3. The van der Waals surface area contributed by atoms with Gasteiger partial charge in [-0.1, -0.05) is 0 Å². The normalized spacial score (nSPS) is 20.4.